The molecule has 1 amide bonds. The Kier molecular flexibility index (Phi) is 390. The molecule has 3 N–H and O–H groups in total. The van der Waals surface area contributed by atoms with Gasteiger partial charge in [0.2, 0.25) is 5.91 Å². The molecule has 0 radical (unpaired) electrons. The number of amides is 1. The minimum atomic E-state index is -5.24. The number of rotatable bonds is 1. The second-order valence-corrected chi connectivity index (χ2v) is 17.2. The first kappa shape index (κ1) is 201. The number of ether oxygens (including phenoxy) is 1. The summed E-state index contributed by atoms with van der Waals surface area (Å²) in [5, 5.41) is 16.4. The minimum absolute atomic E-state index is 0.00463. The van der Waals surface area contributed by atoms with E-state index in [0.29, 0.717) is 64.6 Å². The zero-order chi connectivity index (χ0) is 114. The highest BCUT2D eigenvalue weighted by molar-refractivity contribution is 5.72. The van der Waals surface area contributed by atoms with Gasteiger partial charge in [-0.1, -0.05) is 582 Å². The number of esters is 1. The average molecular weight is 1980 g/mol. The third-order valence-corrected chi connectivity index (χ3v) is 9.94. The van der Waals surface area contributed by atoms with Gasteiger partial charge in [-0.25, -0.2) is 0 Å². The molecular formula is C116H202F15NO5. The average Bonchev–Trinajstić information content (AvgIpc) is 0.791. The first-order valence-electron chi connectivity index (χ1n) is 45.8. The predicted octanol–water partition coefficient (Wildman–Crippen LogP) is 40.5. The molecule has 0 spiro atoms. The molecule has 11 aromatic carbocycles. The van der Waals surface area contributed by atoms with Crippen LogP contribution in [0.3, 0.4) is 0 Å². The first-order valence-corrected chi connectivity index (χ1v) is 45.8. The van der Waals surface area contributed by atoms with E-state index in [1.807, 2.05) is 534 Å². The van der Waals surface area contributed by atoms with Crippen molar-refractivity contribution in [1.29, 1.82) is 0 Å². The largest absolute Gasteiger partial charge is 0.469 e. The van der Waals surface area contributed by atoms with Gasteiger partial charge in [0.15, 0.2) is 5.41 Å². The lowest BCUT2D eigenvalue weighted by Gasteiger charge is -2.29. The molecule has 0 aliphatic carbocycles. The lowest BCUT2D eigenvalue weighted by Crippen LogP contribution is -2.44. The van der Waals surface area contributed by atoms with E-state index in [9.17, 15) is 75.4 Å². The van der Waals surface area contributed by atoms with Crippen molar-refractivity contribution in [3.05, 3.63) is 388 Å². The SMILES string of the molecule is CC.CC.CC.CC.CC.CC.CC.CC.CC.CC.CC.CC.CC.CC.CC(C)(C(F)(F)F)C(F)(F)F.CF.CF.CF.CF.CF.CF.CF.CF.CF.CNC(C)=O.CO.CO.COC(C)=O.c1ccc(-c2ccccc2)cc1.c1ccccc1.c1ccccc1.c1ccccc1.c1ccccc1.c1ccccc1.c1ccccc1.c1ccccc1.c1ccccc1.c1ccccc1. The summed E-state index contributed by atoms with van der Waals surface area (Å²) >= 11 is 0. The smallest absolute Gasteiger partial charge is 0.402 e. The molecule has 0 aliphatic heterocycles. The number of hydrogen-bond acceptors (Lipinski definition) is 5. The Morgan fingerprint density at radius 2 is 0.263 bits per heavy atom. The number of alkyl halides is 15. The molecule has 0 unspecified atom stereocenters. The maximum atomic E-state index is 11.6. The zero-order valence-corrected chi connectivity index (χ0v) is 93.7. The van der Waals surface area contributed by atoms with Crippen molar-refractivity contribution in [3.63, 3.8) is 0 Å². The molecule has 6 nitrogen and oxygen atoms in total. The molecule has 0 bridgehead atoms. The predicted molar refractivity (Wildman–Crippen MR) is 592 cm³/mol. The summed E-state index contributed by atoms with van der Waals surface area (Å²) in [7, 11) is 9.45. The summed E-state index contributed by atoms with van der Waals surface area (Å²) in [6.07, 6.45) is -10.5. The van der Waals surface area contributed by atoms with Gasteiger partial charge in [-0.15, -0.1) is 0 Å². The van der Waals surface area contributed by atoms with Gasteiger partial charge in [0.05, 0.1) is 71.7 Å². The number of nitrogens with one attached hydrogen (secondary N) is 1. The van der Waals surface area contributed by atoms with Crippen LogP contribution in [0.5, 0.6) is 0 Å². The van der Waals surface area contributed by atoms with Crippen LogP contribution in [-0.4, -0.2) is 127 Å². The second-order valence-electron chi connectivity index (χ2n) is 17.2. The number of hydrogen-bond donors (Lipinski definition) is 3. The van der Waals surface area contributed by atoms with Crippen molar-refractivity contribution in [3.8, 4) is 11.1 Å². The zero-order valence-electron chi connectivity index (χ0n) is 93.7. The van der Waals surface area contributed by atoms with Crippen LogP contribution >= 0.6 is 0 Å². The Labute approximate surface area is 835 Å². The fraction of sp³-hybridized carbons (Fsp3) is 0.414. The Balaban J connectivity index is -0.0000000370. The topological polar surface area (TPSA) is 95.9 Å². The van der Waals surface area contributed by atoms with Crippen LogP contribution in [0.15, 0.2) is 388 Å². The highest BCUT2D eigenvalue weighted by Gasteiger charge is 2.64. The maximum Gasteiger partial charge on any atom is 0.402 e. The number of carbonyl (C=O) groups is 2. The van der Waals surface area contributed by atoms with E-state index >= 15 is 0 Å². The maximum absolute atomic E-state index is 11.6. The van der Waals surface area contributed by atoms with Crippen molar-refractivity contribution in [1.82, 2.24) is 5.32 Å². The molecule has 0 aliphatic rings. The molecule has 21 heteroatoms. The summed E-state index contributed by atoms with van der Waals surface area (Å²) < 4.78 is 159. The van der Waals surface area contributed by atoms with Gasteiger partial charge in [0.25, 0.3) is 0 Å². The van der Waals surface area contributed by atoms with Crippen molar-refractivity contribution in [2.75, 3.05) is 93.0 Å². The van der Waals surface area contributed by atoms with Gasteiger partial charge < -0.3 is 20.3 Å². The van der Waals surface area contributed by atoms with Gasteiger partial charge in [0, 0.05) is 35.1 Å². The summed E-state index contributed by atoms with van der Waals surface area (Å²) in [6.45, 7) is 59.0. The molecule has 11 aromatic rings. The number of aliphatic hydroxyl groups excluding tert-OH is 2. The van der Waals surface area contributed by atoms with Crippen molar-refractivity contribution in [2.45, 2.75) is 234 Å². The van der Waals surface area contributed by atoms with E-state index in [4.69, 9.17) is 10.2 Å². The summed E-state index contributed by atoms with van der Waals surface area (Å²) in [6, 6.07) is 129. The lowest BCUT2D eigenvalue weighted by atomic mass is 9.92. The Bertz CT molecular complexity index is 2280. The van der Waals surface area contributed by atoms with Gasteiger partial charge in [0.1, 0.15) is 0 Å². The van der Waals surface area contributed by atoms with E-state index < -0.39 is 17.8 Å². The van der Waals surface area contributed by atoms with E-state index in [-0.39, 0.29) is 25.7 Å². The van der Waals surface area contributed by atoms with Crippen LogP contribution in [0, 0.1) is 5.41 Å². The van der Waals surface area contributed by atoms with Crippen LogP contribution in [0.4, 0.5) is 65.9 Å². The van der Waals surface area contributed by atoms with Gasteiger partial charge in [-0.3, -0.25) is 49.1 Å². The molecular weight excluding hydrogens is 1770 g/mol. The molecule has 0 saturated carbocycles. The molecule has 0 saturated heterocycles. The van der Waals surface area contributed by atoms with Crippen LogP contribution in [0.25, 0.3) is 11.1 Å². The number of methoxy groups -OCH3 is 1. The van der Waals surface area contributed by atoms with Gasteiger partial charge in [-0.05, 0) is 25.0 Å². The summed E-state index contributed by atoms with van der Waals surface area (Å²) in [5.74, 6) is -0.241. The van der Waals surface area contributed by atoms with Crippen molar-refractivity contribution in [2.24, 2.45) is 5.41 Å². The molecule has 806 valence electrons. The number of halogens is 15. The summed E-state index contributed by atoms with van der Waals surface area (Å²) in [5.41, 5.74) is -1.07. The van der Waals surface area contributed by atoms with E-state index in [1.54, 1.807) is 7.05 Å². The van der Waals surface area contributed by atoms with E-state index in [1.165, 1.54) is 32.1 Å². The Morgan fingerprint density at radius 1 is 0.204 bits per heavy atom. The third kappa shape index (κ3) is 262. The molecule has 0 atom stereocenters. The van der Waals surface area contributed by atoms with Crippen LogP contribution in [0.1, 0.15) is 222 Å². The lowest BCUT2D eigenvalue weighted by molar-refractivity contribution is -0.327. The summed E-state index contributed by atoms with van der Waals surface area (Å²) in [4.78, 5) is 19.3. The van der Waals surface area contributed by atoms with E-state index in [2.05, 4.69) is 58.6 Å². The monoisotopic (exact) mass is 1970 g/mol. The first-order chi connectivity index (χ1) is 67.0. The second kappa shape index (κ2) is 266. The molecule has 0 aromatic heterocycles. The number of benzene rings is 11. The normalized spacial score (nSPS) is 6.82. The standard InChI is InChI=1S/C12H10.9C6H6.C5H6F6.C3H7NO.C3H6O2.14C2H6.9CH3F.2CH4O/c1-3-7-11(8-4-1)12-9-5-2-6-10-12;9*1-2-4-6-5-3-1;1-3(2,4(6,7)8)5(9,10)11;1-3(5)4-2;1-3(4)5-2;25*1-2/h1-10H;9*1-6H;1-2H3;1-2H3,(H,4,5);1-2H3;14*1-2H3;9*1H3;2*2H,1H3. The Hall–Kier alpha value is -10.8. The van der Waals surface area contributed by atoms with E-state index in [0.717, 1.165) is 14.2 Å². The molecule has 11 rings (SSSR count). The van der Waals surface area contributed by atoms with Crippen molar-refractivity contribution >= 4 is 11.9 Å². The highest BCUT2D eigenvalue weighted by Crippen LogP contribution is 2.49. The number of carbonyl (C=O) groups excluding carboxylic acids is 2. The molecule has 137 heavy (non-hydrogen) atoms. The fourth-order valence-corrected chi connectivity index (χ4v) is 4.89. The van der Waals surface area contributed by atoms with Gasteiger partial charge in [-0.2, -0.15) is 26.3 Å². The molecule has 0 heterocycles. The number of aliphatic hydroxyl groups is 2. The van der Waals surface area contributed by atoms with Crippen molar-refractivity contribution < 1.29 is 90.4 Å². The van der Waals surface area contributed by atoms with Crippen LogP contribution in [0.2, 0.25) is 0 Å². The highest BCUT2D eigenvalue weighted by atomic mass is 19.4. The quantitative estimate of drug-likeness (QED) is 0.112. The minimum Gasteiger partial charge on any atom is -0.469 e. The van der Waals surface area contributed by atoms with Crippen LogP contribution < -0.4 is 5.32 Å². The molecule has 0 fully saturated rings. The van der Waals surface area contributed by atoms with Crippen LogP contribution in [-0.2, 0) is 14.3 Å². The fourth-order valence-electron chi connectivity index (χ4n) is 4.89. The van der Waals surface area contributed by atoms with Gasteiger partial charge >= 0.3 is 18.3 Å². The Morgan fingerprint density at radius 3 is 0.299 bits per heavy atom. The third-order valence-electron chi connectivity index (χ3n) is 9.94.